The summed E-state index contributed by atoms with van der Waals surface area (Å²) >= 11 is 0. The zero-order chi connectivity index (χ0) is 12.6. The highest BCUT2D eigenvalue weighted by atomic mass is 16.4. The van der Waals surface area contributed by atoms with E-state index in [0.717, 1.165) is 12.2 Å². The number of rotatable bonds is 3. The molecular weight excluding hydrogens is 218 g/mol. The van der Waals surface area contributed by atoms with E-state index in [1.165, 1.54) is 0 Å². The summed E-state index contributed by atoms with van der Waals surface area (Å²) in [5, 5.41) is 9.32. The first kappa shape index (κ1) is 12.1. The van der Waals surface area contributed by atoms with Crippen LogP contribution in [0.2, 0.25) is 0 Å². The first-order chi connectivity index (χ1) is 8.00. The highest BCUT2D eigenvalue weighted by Gasteiger charge is 2.40. The van der Waals surface area contributed by atoms with Gasteiger partial charge in [0.25, 0.3) is 0 Å². The lowest BCUT2D eigenvalue weighted by atomic mass is 9.93. The van der Waals surface area contributed by atoms with Crippen LogP contribution in [-0.2, 0) is 11.8 Å². The molecule has 1 aromatic rings. The molecule has 94 valence electrons. The Bertz CT molecular complexity index is 414. The van der Waals surface area contributed by atoms with Crippen LogP contribution in [0.4, 0.5) is 0 Å². The van der Waals surface area contributed by atoms with Crippen molar-refractivity contribution in [3.63, 3.8) is 0 Å². The summed E-state index contributed by atoms with van der Waals surface area (Å²) in [7, 11) is 1.92. The van der Waals surface area contributed by atoms with Crippen LogP contribution >= 0.6 is 0 Å². The number of likely N-dealkylation sites (tertiary alicyclic amines) is 1. The first-order valence-corrected chi connectivity index (χ1v) is 5.93. The smallest absolute Gasteiger partial charge is 0.308 e. The Hall–Kier alpha value is -1.36. The third-order valence-corrected chi connectivity index (χ3v) is 3.63. The fraction of sp³-hybridized carbons (Fsp3) is 0.667. The highest BCUT2D eigenvalue weighted by Crippen LogP contribution is 2.33. The number of aromatic nitrogens is 2. The topological polar surface area (TPSA) is 58.4 Å². The lowest BCUT2D eigenvalue weighted by Crippen LogP contribution is -2.29. The van der Waals surface area contributed by atoms with E-state index in [1.54, 1.807) is 12.5 Å². The van der Waals surface area contributed by atoms with Crippen molar-refractivity contribution in [2.45, 2.75) is 25.8 Å². The van der Waals surface area contributed by atoms with Gasteiger partial charge in [0.05, 0.1) is 12.2 Å². The second-order valence-electron chi connectivity index (χ2n) is 5.03. The molecule has 1 N–H and O–H groups in total. The lowest BCUT2D eigenvalue weighted by molar-refractivity contribution is -0.141. The number of hydrogen-bond donors (Lipinski definition) is 1. The van der Waals surface area contributed by atoms with Gasteiger partial charge in [-0.05, 0) is 13.8 Å². The van der Waals surface area contributed by atoms with E-state index in [-0.39, 0.29) is 11.8 Å². The molecule has 0 bridgehead atoms. The number of imidazole rings is 1. The quantitative estimate of drug-likeness (QED) is 0.849. The molecule has 1 aliphatic heterocycles. The van der Waals surface area contributed by atoms with Crippen LogP contribution in [0.25, 0.3) is 0 Å². The zero-order valence-corrected chi connectivity index (χ0v) is 10.5. The van der Waals surface area contributed by atoms with Crippen molar-refractivity contribution in [3.8, 4) is 0 Å². The molecule has 17 heavy (non-hydrogen) atoms. The van der Waals surface area contributed by atoms with Crippen molar-refractivity contribution in [1.29, 1.82) is 0 Å². The fourth-order valence-corrected chi connectivity index (χ4v) is 2.53. The average molecular weight is 237 g/mol. The lowest BCUT2D eigenvalue weighted by Gasteiger charge is -2.19. The predicted molar refractivity (Wildman–Crippen MR) is 63.8 cm³/mol. The van der Waals surface area contributed by atoms with Crippen LogP contribution in [0, 0.1) is 5.92 Å². The van der Waals surface area contributed by atoms with Crippen LogP contribution < -0.4 is 0 Å². The average Bonchev–Trinajstić information content (AvgIpc) is 2.82. The molecule has 1 aliphatic rings. The van der Waals surface area contributed by atoms with E-state index in [0.29, 0.717) is 12.6 Å². The van der Waals surface area contributed by atoms with Gasteiger partial charge in [-0.1, -0.05) is 0 Å². The molecule has 0 aliphatic carbocycles. The van der Waals surface area contributed by atoms with Crippen LogP contribution in [0.1, 0.15) is 25.5 Å². The number of aryl methyl sites for hydroxylation is 1. The van der Waals surface area contributed by atoms with Crippen LogP contribution in [0.3, 0.4) is 0 Å². The molecule has 0 aromatic carbocycles. The number of hydrogen-bond acceptors (Lipinski definition) is 3. The molecule has 0 spiro atoms. The Morgan fingerprint density at radius 2 is 2.24 bits per heavy atom. The standard InChI is InChI=1S/C12H19N3O2/c1-8(2)15-5-9(10(6-15)12(16)17)11-4-13-7-14(11)3/h4,7-10H,5-6H2,1-3H3,(H,16,17)/t9-,10-/m0/s1. The second kappa shape index (κ2) is 4.49. The van der Waals surface area contributed by atoms with Crippen LogP contribution in [-0.4, -0.2) is 44.7 Å². The molecule has 5 nitrogen and oxygen atoms in total. The predicted octanol–water partition coefficient (Wildman–Crippen LogP) is 0.928. The summed E-state index contributed by atoms with van der Waals surface area (Å²) in [6, 6.07) is 0.384. The van der Waals surface area contributed by atoms with Gasteiger partial charge in [0, 0.05) is 44.0 Å². The molecular formula is C12H19N3O2. The normalized spacial score (nSPS) is 25.6. The minimum Gasteiger partial charge on any atom is -0.481 e. The maximum Gasteiger partial charge on any atom is 0.308 e. The fourth-order valence-electron chi connectivity index (χ4n) is 2.53. The van der Waals surface area contributed by atoms with Gasteiger partial charge >= 0.3 is 5.97 Å². The van der Waals surface area contributed by atoms with Crippen molar-refractivity contribution in [3.05, 3.63) is 18.2 Å². The molecule has 5 heteroatoms. The molecule has 2 rings (SSSR count). The van der Waals surface area contributed by atoms with Crippen molar-refractivity contribution >= 4 is 5.97 Å². The Morgan fingerprint density at radius 1 is 1.53 bits per heavy atom. The monoisotopic (exact) mass is 237 g/mol. The van der Waals surface area contributed by atoms with Gasteiger partial charge in [0.1, 0.15) is 0 Å². The molecule has 0 saturated carbocycles. The maximum atomic E-state index is 11.3. The van der Waals surface area contributed by atoms with Crippen molar-refractivity contribution < 1.29 is 9.90 Å². The molecule has 1 saturated heterocycles. The number of carboxylic acid groups (broad SMARTS) is 1. The molecule has 1 aromatic heterocycles. The number of carboxylic acids is 1. The third-order valence-electron chi connectivity index (χ3n) is 3.63. The van der Waals surface area contributed by atoms with Crippen molar-refractivity contribution in [2.24, 2.45) is 13.0 Å². The molecule has 0 unspecified atom stereocenters. The first-order valence-electron chi connectivity index (χ1n) is 5.93. The summed E-state index contributed by atoms with van der Waals surface area (Å²) in [6.45, 7) is 5.63. The Balaban J connectivity index is 2.26. The number of carbonyl (C=O) groups is 1. The van der Waals surface area contributed by atoms with E-state index >= 15 is 0 Å². The Labute approximate surface area is 101 Å². The summed E-state index contributed by atoms with van der Waals surface area (Å²) < 4.78 is 1.92. The maximum absolute atomic E-state index is 11.3. The summed E-state index contributed by atoms with van der Waals surface area (Å²) in [5.41, 5.74) is 1.01. The molecule has 0 amide bonds. The van der Waals surface area contributed by atoms with E-state index in [9.17, 15) is 9.90 Å². The largest absolute Gasteiger partial charge is 0.481 e. The third kappa shape index (κ3) is 2.20. The minimum atomic E-state index is -0.709. The van der Waals surface area contributed by atoms with E-state index in [2.05, 4.69) is 23.7 Å². The molecule has 2 heterocycles. The number of nitrogens with zero attached hydrogens (tertiary/aromatic N) is 3. The molecule has 2 atom stereocenters. The molecule has 0 radical (unpaired) electrons. The molecule has 1 fully saturated rings. The van der Waals surface area contributed by atoms with Crippen molar-refractivity contribution in [2.75, 3.05) is 13.1 Å². The highest BCUT2D eigenvalue weighted by molar-refractivity contribution is 5.72. The Morgan fingerprint density at radius 3 is 2.71 bits per heavy atom. The number of aliphatic carboxylic acids is 1. The van der Waals surface area contributed by atoms with E-state index < -0.39 is 5.97 Å². The zero-order valence-electron chi connectivity index (χ0n) is 10.5. The second-order valence-corrected chi connectivity index (χ2v) is 5.03. The SMILES string of the molecule is CC(C)N1C[C@H](C(=O)O)[C@@H](c2cncn2C)C1. The van der Waals surface area contributed by atoms with Gasteiger partial charge in [-0.15, -0.1) is 0 Å². The van der Waals surface area contributed by atoms with E-state index in [4.69, 9.17) is 0 Å². The van der Waals surface area contributed by atoms with Gasteiger partial charge < -0.3 is 9.67 Å². The summed E-state index contributed by atoms with van der Waals surface area (Å²) in [6.07, 6.45) is 3.51. The Kier molecular flexibility index (Phi) is 3.19. The van der Waals surface area contributed by atoms with Gasteiger partial charge in [-0.3, -0.25) is 9.69 Å². The van der Waals surface area contributed by atoms with Gasteiger partial charge in [0.2, 0.25) is 0 Å². The van der Waals surface area contributed by atoms with Crippen LogP contribution in [0.5, 0.6) is 0 Å². The minimum absolute atomic E-state index is 0.0439. The van der Waals surface area contributed by atoms with Gasteiger partial charge in [-0.2, -0.15) is 0 Å². The van der Waals surface area contributed by atoms with Gasteiger partial charge in [-0.25, -0.2) is 4.98 Å². The van der Waals surface area contributed by atoms with Crippen LogP contribution in [0.15, 0.2) is 12.5 Å². The summed E-state index contributed by atoms with van der Waals surface area (Å²) in [4.78, 5) is 17.6. The van der Waals surface area contributed by atoms with Crippen molar-refractivity contribution in [1.82, 2.24) is 14.5 Å². The summed E-state index contributed by atoms with van der Waals surface area (Å²) in [5.74, 6) is -0.991. The van der Waals surface area contributed by atoms with Gasteiger partial charge in [0.15, 0.2) is 0 Å². The van der Waals surface area contributed by atoms with E-state index in [1.807, 2.05) is 11.6 Å².